The van der Waals surface area contributed by atoms with Crippen LogP contribution < -0.4 is 4.90 Å². The normalized spacial score (nSPS) is 11.3. The van der Waals surface area contributed by atoms with Crippen LogP contribution in [0.1, 0.15) is 56.0 Å². The van der Waals surface area contributed by atoms with Gasteiger partial charge in [0.1, 0.15) is 0 Å². The van der Waals surface area contributed by atoms with Crippen molar-refractivity contribution >= 4 is 28.1 Å². The number of aromatic nitrogens is 3. The van der Waals surface area contributed by atoms with Crippen molar-refractivity contribution in [3.63, 3.8) is 0 Å². The van der Waals surface area contributed by atoms with Gasteiger partial charge in [-0.1, -0.05) is 205 Å². The fourth-order valence-electron chi connectivity index (χ4n) is 11.0. The fourth-order valence-corrected chi connectivity index (χ4v) is 11.0. The summed E-state index contributed by atoms with van der Waals surface area (Å²) >= 11 is 0. The molecule has 0 N–H and O–H groups in total. The molecule has 0 aliphatic heterocycles. The molecule has 72 heavy (non-hydrogen) atoms. The Morgan fingerprint density at radius 3 is 1.28 bits per heavy atom. The molecule has 0 aliphatic rings. The highest BCUT2D eigenvalue weighted by Crippen LogP contribution is 2.44. The van der Waals surface area contributed by atoms with E-state index in [1.807, 2.05) is 18.2 Å². The largest absolute Gasteiger partial charge is 0.279 e. The molecule has 0 saturated carbocycles. The van der Waals surface area contributed by atoms with Gasteiger partial charge in [-0.2, -0.15) is 9.97 Å². The summed E-state index contributed by atoms with van der Waals surface area (Å²) in [7, 11) is 0. The van der Waals surface area contributed by atoms with Gasteiger partial charge in [0.15, 0.2) is 11.6 Å². The van der Waals surface area contributed by atoms with Crippen LogP contribution in [0.3, 0.4) is 0 Å². The molecule has 0 unspecified atom stereocenters. The molecule has 11 aromatic rings. The average molecular weight is 929 g/mol. The molecule has 1 aromatic heterocycles. The summed E-state index contributed by atoms with van der Waals surface area (Å²) in [5.74, 6) is 1.70. The van der Waals surface area contributed by atoms with E-state index in [2.05, 4.69) is 253 Å². The van der Waals surface area contributed by atoms with Crippen molar-refractivity contribution < 1.29 is 0 Å². The number of hydrogen-bond donors (Lipinski definition) is 0. The number of hydrogen-bond acceptors (Lipinski definition) is 4. The van der Waals surface area contributed by atoms with E-state index in [0.717, 1.165) is 66.7 Å². The second-order valence-electron chi connectivity index (χ2n) is 19.2. The van der Waals surface area contributed by atoms with Crippen molar-refractivity contribution in [2.75, 3.05) is 4.90 Å². The Labute approximate surface area is 424 Å². The minimum Gasteiger partial charge on any atom is -0.279 e. The maximum atomic E-state index is 5.59. The van der Waals surface area contributed by atoms with Crippen molar-refractivity contribution in [1.82, 2.24) is 15.0 Å². The highest BCUT2D eigenvalue weighted by Gasteiger charge is 2.27. The van der Waals surface area contributed by atoms with Crippen molar-refractivity contribution in [2.24, 2.45) is 0 Å². The van der Waals surface area contributed by atoms with Gasteiger partial charge in [0, 0.05) is 28.1 Å². The minimum atomic E-state index is 0.0124. The smallest absolute Gasteiger partial charge is 0.238 e. The van der Waals surface area contributed by atoms with E-state index in [1.165, 1.54) is 50.1 Å². The Bertz CT molecular complexity index is 3570. The first-order chi connectivity index (χ1) is 35.2. The number of aryl methyl sites for hydroxylation is 6. The molecule has 0 saturated heterocycles. The van der Waals surface area contributed by atoms with Gasteiger partial charge in [-0.05, 0) is 150 Å². The lowest BCUT2D eigenvalue weighted by atomic mass is 9.77. The third-order valence-corrected chi connectivity index (χ3v) is 14.0. The van der Waals surface area contributed by atoms with Crippen LogP contribution in [0.2, 0.25) is 0 Å². The quantitative estimate of drug-likeness (QED) is 0.121. The summed E-state index contributed by atoms with van der Waals surface area (Å²) < 4.78 is 0. The molecule has 0 fully saturated rings. The highest BCUT2D eigenvalue weighted by atomic mass is 15.3. The predicted molar refractivity (Wildman–Crippen MR) is 301 cm³/mol. The first-order valence-corrected chi connectivity index (χ1v) is 24.9. The van der Waals surface area contributed by atoms with Gasteiger partial charge in [0.2, 0.25) is 5.95 Å². The third-order valence-electron chi connectivity index (χ3n) is 14.0. The molecule has 0 radical (unpaired) electrons. The topological polar surface area (TPSA) is 41.9 Å². The van der Waals surface area contributed by atoms with Crippen LogP contribution in [0.25, 0.3) is 66.9 Å². The Hall–Kier alpha value is -8.73. The van der Waals surface area contributed by atoms with Gasteiger partial charge in [-0.15, -0.1) is 0 Å². The second-order valence-corrected chi connectivity index (χ2v) is 19.2. The zero-order valence-corrected chi connectivity index (χ0v) is 41.7. The lowest BCUT2D eigenvalue weighted by Crippen LogP contribution is -2.16. The van der Waals surface area contributed by atoms with Crippen LogP contribution in [0.15, 0.2) is 224 Å². The number of anilines is 3. The van der Waals surface area contributed by atoms with Gasteiger partial charge in [-0.3, -0.25) is 4.90 Å². The lowest BCUT2D eigenvalue weighted by molar-refractivity contribution is 0.919. The van der Waals surface area contributed by atoms with E-state index in [0.29, 0.717) is 17.6 Å². The summed E-state index contributed by atoms with van der Waals surface area (Å²) in [4.78, 5) is 18.6. The van der Waals surface area contributed by atoms with E-state index in [1.54, 1.807) is 0 Å². The van der Waals surface area contributed by atoms with Crippen molar-refractivity contribution in [3.05, 3.63) is 275 Å². The van der Waals surface area contributed by atoms with Crippen molar-refractivity contribution in [2.45, 2.75) is 47.5 Å². The molecule has 0 bridgehead atoms. The van der Waals surface area contributed by atoms with E-state index in [-0.39, 0.29) is 5.92 Å². The molecule has 0 aliphatic carbocycles. The molecular formula is C68H56N4. The van der Waals surface area contributed by atoms with E-state index in [9.17, 15) is 0 Å². The van der Waals surface area contributed by atoms with E-state index in [4.69, 9.17) is 15.0 Å². The number of benzene rings is 10. The van der Waals surface area contributed by atoms with Gasteiger partial charge in [0.05, 0.1) is 5.69 Å². The molecule has 1 heterocycles. The summed E-state index contributed by atoms with van der Waals surface area (Å²) in [5.41, 5.74) is 22.0. The fraction of sp³-hybridized carbons (Fsp3) is 0.103. The number of nitrogens with zero attached hydrogens (tertiary/aromatic N) is 4. The summed E-state index contributed by atoms with van der Waals surface area (Å²) in [6.07, 6.45) is 0. The standard InChI is InChI=1S/C68H56N4/c1-44-37-46(3)62(47(4)38-44)65(63-48(5)39-45(2)40-49(63)6)54-33-35-58(36-34-54)72(59-42-56(50-21-11-7-12-22-50)41-57(43-59)51-23-13-8-14-24-51)68-70-66(55-27-17-10-18-28-55)69-67(71-68)61-32-20-30-53-29-19-31-60(64(53)61)52-25-15-9-16-26-52/h7-43,65H,1-6H3. The van der Waals surface area contributed by atoms with E-state index >= 15 is 0 Å². The average Bonchev–Trinajstić information content (AvgIpc) is 3.41. The van der Waals surface area contributed by atoms with Crippen LogP contribution in [0.5, 0.6) is 0 Å². The number of fused-ring (bicyclic) bond motifs is 1. The number of rotatable bonds is 11. The summed E-state index contributed by atoms with van der Waals surface area (Å²) in [6, 6.07) is 80.3. The lowest BCUT2D eigenvalue weighted by Gasteiger charge is -2.29. The second kappa shape index (κ2) is 19.6. The highest BCUT2D eigenvalue weighted by molar-refractivity contribution is 6.05. The molecule has 11 rings (SSSR count). The molecule has 10 aromatic carbocycles. The first kappa shape index (κ1) is 45.7. The summed E-state index contributed by atoms with van der Waals surface area (Å²) in [5, 5.41) is 2.20. The molecule has 348 valence electrons. The summed E-state index contributed by atoms with van der Waals surface area (Å²) in [6.45, 7) is 13.5. The monoisotopic (exact) mass is 928 g/mol. The molecule has 0 amide bonds. The van der Waals surface area contributed by atoms with Crippen LogP contribution in [0.4, 0.5) is 17.3 Å². The van der Waals surface area contributed by atoms with Gasteiger partial charge in [0.25, 0.3) is 0 Å². The Morgan fingerprint density at radius 1 is 0.333 bits per heavy atom. The first-order valence-electron chi connectivity index (χ1n) is 24.9. The van der Waals surface area contributed by atoms with Gasteiger partial charge in [-0.25, -0.2) is 4.98 Å². The molecule has 0 atom stereocenters. The zero-order chi connectivity index (χ0) is 49.3. The van der Waals surface area contributed by atoms with Gasteiger partial charge >= 0.3 is 0 Å². The van der Waals surface area contributed by atoms with Crippen LogP contribution in [0, 0.1) is 41.5 Å². The Morgan fingerprint density at radius 2 is 0.778 bits per heavy atom. The van der Waals surface area contributed by atoms with Crippen molar-refractivity contribution in [1.29, 1.82) is 0 Å². The maximum absolute atomic E-state index is 5.59. The molecule has 4 heteroatoms. The van der Waals surface area contributed by atoms with Gasteiger partial charge < -0.3 is 0 Å². The Kier molecular flexibility index (Phi) is 12.4. The van der Waals surface area contributed by atoms with Crippen LogP contribution in [-0.2, 0) is 0 Å². The minimum absolute atomic E-state index is 0.0124. The predicted octanol–water partition coefficient (Wildman–Crippen LogP) is 17.9. The SMILES string of the molecule is Cc1cc(C)c(C(c2ccc(N(c3cc(-c4ccccc4)cc(-c4ccccc4)c3)c3nc(-c4ccccc4)nc(-c4cccc5cccc(-c6ccccc6)c45)n3)cc2)c2c(C)cc(C)cc2C)c(C)c1. The zero-order valence-electron chi connectivity index (χ0n) is 41.7. The van der Waals surface area contributed by atoms with Crippen LogP contribution in [-0.4, -0.2) is 15.0 Å². The third kappa shape index (κ3) is 9.00. The molecule has 0 spiro atoms. The molecule has 4 nitrogen and oxygen atoms in total. The van der Waals surface area contributed by atoms with Crippen LogP contribution >= 0.6 is 0 Å². The van der Waals surface area contributed by atoms with E-state index < -0.39 is 0 Å². The maximum Gasteiger partial charge on any atom is 0.238 e. The Balaban J connectivity index is 1.18. The molecular weight excluding hydrogens is 873 g/mol. The van der Waals surface area contributed by atoms with Crippen molar-refractivity contribution in [3.8, 4) is 56.2 Å².